The number of nitrogens with zero attached hydrogens (tertiary/aromatic N) is 1. The maximum Gasteiger partial charge on any atom is 0.306 e. The van der Waals surface area contributed by atoms with Gasteiger partial charge in [0.25, 0.3) is 0 Å². The van der Waals surface area contributed by atoms with Crippen LogP contribution in [0.15, 0.2) is 0 Å². The van der Waals surface area contributed by atoms with Crippen LogP contribution in [0.3, 0.4) is 0 Å². The summed E-state index contributed by atoms with van der Waals surface area (Å²) in [6.07, 6.45) is 36.2. The molecule has 0 aliphatic rings. The van der Waals surface area contributed by atoms with E-state index in [1.807, 2.05) is 0 Å². The minimum Gasteiger partial charge on any atom is -0.542 e. The number of hydrogen-bond acceptors (Lipinski definition) is 7. The molecule has 2 atom stereocenters. The summed E-state index contributed by atoms with van der Waals surface area (Å²) in [7, 11) is 5.07. The van der Waals surface area contributed by atoms with Gasteiger partial charge in [-0.05, 0) is 12.8 Å². The molecule has 308 valence electrons. The van der Waals surface area contributed by atoms with Gasteiger partial charge in [-0.1, -0.05) is 194 Å². The van der Waals surface area contributed by atoms with Gasteiger partial charge in [0.05, 0.1) is 27.7 Å². The van der Waals surface area contributed by atoms with Crippen LogP contribution in [-0.2, 0) is 28.6 Å². The van der Waals surface area contributed by atoms with Crippen molar-refractivity contribution in [1.29, 1.82) is 0 Å². The van der Waals surface area contributed by atoms with E-state index in [2.05, 4.69) is 13.8 Å². The predicted octanol–water partition coefficient (Wildman–Crippen LogP) is 10.8. The van der Waals surface area contributed by atoms with E-state index >= 15 is 0 Å². The van der Waals surface area contributed by atoms with Crippen LogP contribution < -0.4 is 5.11 Å². The first kappa shape index (κ1) is 50.3. The van der Waals surface area contributed by atoms with Gasteiger partial charge in [-0.25, -0.2) is 0 Å². The monoisotopic (exact) mass is 740 g/mol. The quantitative estimate of drug-likeness (QED) is 0.0267. The molecule has 0 aromatic heterocycles. The summed E-state index contributed by atoms with van der Waals surface area (Å²) >= 11 is 0. The number of aliphatic carboxylic acids is 1. The Labute approximate surface area is 321 Å². The molecule has 0 heterocycles. The molecule has 0 fully saturated rings. The molecule has 0 aromatic rings. The second-order valence-corrected chi connectivity index (χ2v) is 16.3. The zero-order chi connectivity index (χ0) is 38.5. The van der Waals surface area contributed by atoms with E-state index in [9.17, 15) is 19.5 Å². The second kappa shape index (κ2) is 36.3. The smallest absolute Gasteiger partial charge is 0.306 e. The van der Waals surface area contributed by atoms with Crippen molar-refractivity contribution in [3.8, 4) is 0 Å². The Hall–Kier alpha value is -1.67. The highest BCUT2D eigenvalue weighted by Crippen LogP contribution is 2.16. The molecule has 0 spiro atoms. The molecule has 0 N–H and O–H groups in total. The first-order valence-corrected chi connectivity index (χ1v) is 22.1. The number of quaternary nitrogens is 1. The lowest BCUT2D eigenvalue weighted by atomic mass is 10.0. The Bertz CT molecular complexity index is 828. The number of carbonyl (C=O) groups is 3. The largest absolute Gasteiger partial charge is 0.542 e. The highest BCUT2D eigenvalue weighted by atomic mass is 16.6. The van der Waals surface area contributed by atoms with Crippen LogP contribution in [0.4, 0.5) is 0 Å². The van der Waals surface area contributed by atoms with Crippen molar-refractivity contribution in [2.45, 2.75) is 232 Å². The molecule has 8 nitrogen and oxygen atoms in total. The van der Waals surface area contributed by atoms with E-state index in [-0.39, 0.29) is 36.1 Å². The Morgan fingerprint density at radius 2 is 0.769 bits per heavy atom. The Morgan fingerprint density at radius 3 is 1.08 bits per heavy atom. The number of rotatable bonds is 40. The van der Waals surface area contributed by atoms with Crippen LogP contribution >= 0.6 is 0 Å². The van der Waals surface area contributed by atoms with E-state index in [1.165, 1.54) is 154 Å². The zero-order valence-corrected chi connectivity index (χ0v) is 35.0. The maximum absolute atomic E-state index is 12.7. The summed E-state index contributed by atoms with van der Waals surface area (Å²) < 4.78 is 16.7. The minimum atomic E-state index is -1.35. The average molecular weight is 740 g/mol. The number of carbonyl (C=O) groups excluding carboxylic acids is 3. The molecule has 0 radical (unpaired) electrons. The van der Waals surface area contributed by atoms with E-state index in [4.69, 9.17) is 14.2 Å². The van der Waals surface area contributed by atoms with Crippen molar-refractivity contribution >= 4 is 17.9 Å². The Balaban J connectivity index is 4.23. The Kier molecular flexibility index (Phi) is 35.1. The van der Waals surface area contributed by atoms with Crippen molar-refractivity contribution in [3.63, 3.8) is 0 Å². The van der Waals surface area contributed by atoms with Crippen molar-refractivity contribution in [3.05, 3.63) is 0 Å². The standard InChI is InChI=1S/C44H85NO7/c1-6-8-10-12-14-16-18-20-22-24-26-28-30-32-34-36-41(46)50-38-40(39-51-43(44(48)49)45(3,4)5)52-42(47)37-35-33-31-29-27-25-23-21-19-17-15-13-11-9-7-2/h40,43H,6-39H2,1-5H3. The fourth-order valence-electron chi connectivity index (χ4n) is 6.71. The van der Waals surface area contributed by atoms with Gasteiger partial charge < -0.3 is 28.6 Å². The molecule has 8 heteroatoms. The third-order valence-corrected chi connectivity index (χ3v) is 10.0. The summed E-state index contributed by atoms with van der Waals surface area (Å²) in [5, 5.41) is 11.7. The number of esters is 2. The van der Waals surface area contributed by atoms with Crippen molar-refractivity contribution in [2.75, 3.05) is 34.4 Å². The molecule has 0 rings (SSSR count). The summed E-state index contributed by atoms with van der Waals surface area (Å²) in [6, 6.07) is 0. The fourth-order valence-corrected chi connectivity index (χ4v) is 6.71. The van der Waals surface area contributed by atoms with Crippen LogP contribution in [0.2, 0.25) is 0 Å². The van der Waals surface area contributed by atoms with Gasteiger partial charge in [0.2, 0.25) is 6.23 Å². The van der Waals surface area contributed by atoms with Crippen LogP contribution in [0.1, 0.15) is 219 Å². The molecule has 0 saturated carbocycles. The molecule has 2 unspecified atom stereocenters. The SMILES string of the molecule is CCCCCCCCCCCCCCCCCC(=O)OCC(COC(C(=O)[O-])[N+](C)(C)C)OC(=O)CCCCCCCCCCCCCCCCC. The van der Waals surface area contributed by atoms with E-state index in [1.54, 1.807) is 21.1 Å². The van der Waals surface area contributed by atoms with Crippen molar-refractivity contribution in [2.24, 2.45) is 0 Å². The first-order chi connectivity index (χ1) is 25.1. The summed E-state index contributed by atoms with van der Waals surface area (Å²) in [6.45, 7) is 4.18. The van der Waals surface area contributed by atoms with Gasteiger partial charge in [0.15, 0.2) is 6.10 Å². The molecule has 0 aliphatic heterocycles. The molecule has 0 aliphatic carbocycles. The van der Waals surface area contributed by atoms with E-state index < -0.39 is 18.3 Å². The number of ether oxygens (including phenoxy) is 3. The lowest BCUT2D eigenvalue weighted by molar-refractivity contribution is -0.912. The lowest BCUT2D eigenvalue weighted by Gasteiger charge is -2.34. The van der Waals surface area contributed by atoms with Gasteiger partial charge in [-0.15, -0.1) is 0 Å². The van der Waals surface area contributed by atoms with Gasteiger partial charge in [0, 0.05) is 12.8 Å². The third kappa shape index (κ3) is 34.1. The number of carboxylic acid groups (broad SMARTS) is 1. The van der Waals surface area contributed by atoms with E-state index in [0.717, 1.165) is 38.5 Å². The molecule has 0 aromatic carbocycles. The van der Waals surface area contributed by atoms with Gasteiger partial charge in [-0.2, -0.15) is 0 Å². The molecular weight excluding hydrogens is 654 g/mol. The number of hydrogen-bond donors (Lipinski definition) is 0. The van der Waals surface area contributed by atoms with Crippen LogP contribution in [-0.4, -0.2) is 69.1 Å². The fraction of sp³-hybridized carbons (Fsp3) is 0.932. The topological polar surface area (TPSA) is 102 Å². The van der Waals surface area contributed by atoms with Crippen LogP contribution in [0, 0.1) is 0 Å². The number of carboxylic acids is 1. The van der Waals surface area contributed by atoms with Crippen LogP contribution in [0.5, 0.6) is 0 Å². The number of unbranched alkanes of at least 4 members (excludes halogenated alkanes) is 28. The first-order valence-electron chi connectivity index (χ1n) is 22.1. The predicted molar refractivity (Wildman–Crippen MR) is 213 cm³/mol. The van der Waals surface area contributed by atoms with Crippen LogP contribution in [0.25, 0.3) is 0 Å². The molecular formula is C44H85NO7. The number of likely N-dealkylation sites (N-methyl/N-ethyl adjacent to an activating group) is 1. The summed E-state index contributed by atoms with van der Waals surface area (Å²) in [5.74, 6) is -2.06. The zero-order valence-electron chi connectivity index (χ0n) is 35.0. The highest BCUT2D eigenvalue weighted by Gasteiger charge is 2.28. The highest BCUT2D eigenvalue weighted by molar-refractivity contribution is 5.70. The lowest BCUT2D eigenvalue weighted by Crippen LogP contribution is -2.57. The molecule has 52 heavy (non-hydrogen) atoms. The van der Waals surface area contributed by atoms with Gasteiger partial charge >= 0.3 is 11.9 Å². The van der Waals surface area contributed by atoms with Crippen molar-refractivity contribution in [1.82, 2.24) is 0 Å². The summed E-state index contributed by atoms with van der Waals surface area (Å²) in [5.41, 5.74) is 0. The van der Waals surface area contributed by atoms with Gasteiger partial charge in [0.1, 0.15) is 12.6 Å². The molecule has 0 bridgehead atoms. The second-order valence-electron chi connectivity index (χ2n) is 16.3. The Morgan fingerprint density at radius 1 is 0.462 bits per heavy atom. The molecule has 0 saturated heterocycles. The minimum absolute atomic E-state index is 0.0128. The third-order valence-electron chi connectivity index (χ3n) is 10.0. The normalized spacial score (nSPS) is 12.9. The van der Waals surface area contributed by atoms with Crippen molar-refractivity contribution < 1.29 is 38.2 Å². The molecule has 0 amide bonds. The maximum atomic E-state index is 12.7. The average Bonchev–Trinajstić information content (AvgIpc) is 3.09. The summed E-state index contributed by atoms with van der Waals surface area (Å²) in [4.78, 5) is 36.9. The van der Waals surface area contributed by atoms with E-state index in [0.29, 0.717) is 6.42 Å². The van der Waals surface area contributed by atoms with Gasteiger partial charge in [-0.3, -0.25) is 9.59 Å².